The molecule has 4 aliphatic heterocycles. The highest BCUT2D eigenvalue weighted by Crippen LogP contribution is 2.54. The molecule has 3 atom stereocenters. The number of H-pyrrole nitrogens is 1. The highest BCUT2D eigenvalue weighted by molar-refractivity contribution is 7.90. The molecule has 0 bridgehead atoms. The Bertz CT molecular complexity index is 3260. The van der Waals surface area contributed by atoms with Crippen LogP contribution in [0.15, 0.2) is 83.9 Å². The van der Waals surface area contributed by atoms with E-state index in [2.05, 4.69) is 72.7 Å². The first-order valence-corrected chi connectivity index (χ1v) is 31.5. The summed E-state index contributed by atoms with van der Waals surface area (Å²) in [5, 5.41) is 37.6. The van der Waals surface area contributed by atoms with Crippen molar-refractivity contribution in [1.29, 1.82) is 0 Å². The van der Waals surface area contributed by atoms with Crippen molar-refractivity contribution in [2.24, 2.45) is 17.3 Å². The molecule has 3 aromatic carbocycles. The van der Waals surface area contributed by atoms with Gasteiger partial charge in [-0.1, -0.05) is 18.2 Å². The van der Waals surface area contributed by atoms with Gasteiger partial charge in [0.1, 0.15) is 28.9 Å². The van der Waals surface area contributed by atoms with Gasteiger partial charge in [-0.25, -0.2) is 13.1 Å². The standard InChI is InChI=1S/C62H81N9O10S/c1-40(2)80-55-8-6-5-7-47(55)54-38-67(37-42-15-21-61(4,74)22-16-42)28-29-69(54)45-34-62(35-45)23-26-68(27-24-62)44-9-11-48(51(32-44)70-50-18-30-79-39-56(50)81-59-53(70)31-43-17-25-63-57(43)65-59)58(72)66-82(77,78)46-10-12-49(52(33-46)71(75)76)64-36-41-13-19-60(3,73)20-14-41/h5-12,17,25,31-33,40-42,45,50,54,56,64,73-74H,13-16,18-24,26-30,34-39H2,1-4H3,(H,63,65)(H,66,72)/t41?,42?,50-,54+,56-,60?,61?/m0/s1. The lowest BCUT2D eigenvalue weighted by Crippen LogP contribution is -2.60. The molecule has 3 saturated carbocycles. The Morgan fingerprint density at radius 1 is 0.890 bits per heavy atom. The van der Waals surface area contributed by atoms with Crippen molar-refractivity contribution >= 4 is 55.4 Å². The second-order valence-corrected chi connectivity index (χ2v) is 27.5. The number of benzene rings is 3. The normalized spacial score (nSPS) is 28.0. The second-order valence-electron chi connectivity index (χ2n) is 25.8. The van der Waals surface area contributed by atoms with E-state index in [1.165, 1.54) is 17.7 Å². The third-order valence-corrected chi connectivity index (χ3v) is 20.7. The molecule has 3 saturated heterocycles. The fourth-order valence-corrected chi connectivity index (χ4v) is 15.5. The van der Waals surface area contributed by atoms with Crippen LogP contribution in [0.3, 0.4) is 0 Å². The van der Waals surface area contributed by atoms with Gasteiger partial charge in [0.05, 0.1) is 57.1 Å². The molecule has 5 N–H and O–H groups in total. The van der Waals surface area contributed by atoms with Gasteiger partial charge in [0.25, 0.3) is 21.6 Å². The zero-order chi connectivity index (χ0) is 57.1. The van der Waals surface area contributed by atoms with Crippen LogP contribution in [0.2, 0.25) is 0 Å². The lowest BCUT2D eigenvalue weighted by atomic mass is 9.59. The van der Waals surface area contributed by atoms with Crippen molar-refractivity contribution in [2.75, 3.05) is 74.1 Å². The number of carbonyl (C=O) groups excluding carboxylic acids is 1. The third kappa shape index (κ3) is 11.8. The first-order valence-electron chi connectivity index (χ1n) is 30.0. The maximum Gasteiger partial charge on any atom is 0.293 e. The van der Waals surface area contributed by atoms with Crippen molar-refractivity contribution in [3.63, 3.8) is 0 Å². The number of nitrogens with one attached hydrogen (secondary N) is 3. The van der Waals surface area contributed by atoms with E-state index < -0.39 is 48.7 Å². The number of pyridine rings is 1. The Labute approximate surface area is 481 Å². The number of nitro benzene ring substituents is 1. The first-order chi connectivity index (χ1) is 39.3. The molecule has 6 heterocycles. The fraction of sp³-hybridized carbons (Fsp3) is 0.581. The summed E-state index contributed by atoms with van der Waals surface area (Å²) in [7, 11) is -4.64. The maximum atomic E-state index is 14.8. The van der Waals surface area contributed by atoms with Gasteiger partial charge in [0, 0.05) is 87.4 Å². The Kier molecular flexibility index (Phi) is 15.5. The van der Waals surface area contributed by atoms with E-state index in [0.29, 0.717) is 73.9 Å². The Morgan fingerprint density at radius 3 is 2.35 bits per heavy atom. The molecule has 20 heteroatoms. The van der Waals surface area contributed by atoms with Crippen molar-refractivity contribution in [3.8, 4) is 11.6 Å². The average Bonchev–Trinajstić information content (AvgIpc) is 3.95. The predicted octanol–water partition coefficient (Wildman–Crippen LogP) is 9.47. The van der Waals surface area contributed by atoms with Gasteiger partial charge in [-0.2, -0.15) is 4.98 Å². The molecule has 1 spiro atoms. The third-order valence-electron chi connectivity index (χ3n) is 19.4. The number of amides is 1. The van der Waals surface area contributed by atoms with E-state index >= 15 is 0 Å². The molecule has 6 fully saturated rings. The van der Waals surface area contributed by atoms with Crippen molar-refractivity contribution < 1.29 is 42.6 Å². The largest absolute Gasteiger partial charge is 0.491 e. The number of nitrogens with zero attached hydrogens (tertiary/aromatic N) is 6. The van der Waals surface area contributed by atoms with Gasteiger partial charge in [-0.15, -0.1) is 0 Å². The SMILES string of the molecule is CC(C)Oc1ccccc1[C@H]1CN(CC2CCC(C)(O)CC2)CCN1C1CC2(CCN(c3ccc(C(=O)NS(=O)(=O)c4ccc(NCC5CCC(C)(O)CC5)c([N+](=O)[O-])c4)c(N4c5cc6cc[nH]c6nc5O[C@H]5COCC[C@@H]54)c3)CC2)C1. The zero-order valence-corrected chi connectivity index (χ0v) is 48.7. The van der Waals surface area contributed by atoms with Crippen molar-refractivity contribution in [1.82, 2.24) is 24.5 Å². The summed E-state index contributed by atoms with van der Waals surface area (Å²) in [5.41, 5.74) is 2.71. The molecule has 82 heavy (non-hydrogen) atoms. The molecular weight excluding hydrogens is 1060 g/mol. The summed E-state index contributed by atoms with van der Waals surface area (Å²) in [6, 6.07) is 22.1. The maximum absolute atomic E-state index is 14.8. The molecule has 2 aromatic heterocycles. The van der Waals surface area contributed by atoms with Crippen LogP contribution in [0.25, 0.3) is 11.0 Å². The molecule has 5 aromatic rings. The number of anilines is 4. The van der Waals surface area contributed by atoms with Gasteiger partial charge in [0.2, 0.25) is 5.88 Å². The number of carbonyl (C=O) groups is 1. The van der Waals surface area contributed by atoms with Crippen LogP contribution in [0.1, 0.15) is 133 Å². The molecule has 3 aliphatic carbocycles. The summed E-state index contributed by atoms with van der Waals surface area (Å²) >= 11 is 0. The van der Waals surface area contributed by atoms with Crippen molar-refractivity contribution in [2.45, 2.75) is 158 Å². The summed E-state index contributed by atoms with van der Waals surface area (Å²) < 4.78 is 49.9. The van der Waals surface area contributed by atoms with Crippen LogP contribution in [-0.4, -0.2) is 144 Å². The number of sulfonamides is 1. The van der Waals surface area contributed by atoms with E-state index in [4.69, 9.17) is 19.2 Å². The van der Waals surface area contributed by atoms with Crippen LogP contribution in [-0.2, 0) is 14.8 Å². The number of aromatic nitrogens is 2. The van der Waals surface area contributed by atoms with Gasteiger partial charge >= 0.3 is 0 Å². The highest BCUT2D eigenvalue weighted by Gasteiger charge is 2.51. The van der Waals surface area contributed by atoms with E-state index in [0.717, 1.165) is 126 Å². The smallest absolute Gasteiger partial charge is 0.293 e. The Morgan fingerprint density at radius 2 is 1.62 bits per heavy atom. The van der Waals surface area contributed by atoms with Gasteiger partial charge in [-0.3, -0.25) is 24.7 Å². The summed E-state index contributed by atoms with van der Waals surface area (Å²) in [4.78, 5) is 44.2. The number of rotatable bonds is 15. The number of piperidine rings is 1. The van der Waals surface area contributed by atoms with Crippen LogP contribution in [0.5, 0.6) is 11.6 Å². The predicted molar refractivity (Wildman–Crippen MR) is 315 cm³/mol. The molecular formula is C62H81N9O10S. The highest BCUT2D eigenvalue weighted by atomic mass is 32.2. The summed E-state index contributed by atoms with van der Waals surface area (Å²) in [6.45, 7) is 14.8. The molecule has 19 nitrogen and oxygen atoms in total. The number of hydrogen-bond acceptors (Lipinski definition) is 16. The number of hydrogen-bond donors (Lipinski definition) is 5. The fourth-order valence-electron chi connectivity index (χ4n) is 14.6. The second kappa shape index (κ2) is 22.5. The van der Waals surface area contributed by atoms with Gasteiger partial charge < -0.3 is 44.5 Å². The van der Waals surface area contributed by atoms with Gasteiger partial charge in [0.15, 0.2) is 0 Å². The minimum atomic E-state index is -4.64. The summed E-state index contributed by atoms with van der Waals surface area (Å²) in [5.74, 6) is 1.22. The van der Waals surface area contributed by atoms with E-state index in [1.54, 1.807) is 6.07 Å². The average molecular weight is 1140 g/mol. The van der Waals surface area contributed by atoms with Crippen LogP contribution >= 0.6 is 0 Å². The Hall–Kier alpha value is -6.03. The lowest BCUT2D eigenvalue weighted by Gasteiger charge is -2.58. The summed E-state index contributed by atoms with van der Waals surface area (Å²) in [6.07, 6.45) is 12.8. The van der Waals surface area contributed by atoms with Crippen LogP contribution < -0.4 is 29.3 Å². The van der Waals surface area contributed by atoms with E-state index in [9.17, 15) is 33.5 Å². The number of aliphatic hydroxyl groups is 2. The number of para-hydroxylation sites is 1. The quantitative estimate of drug-likeness (QED) is 0.0486. The molecule has 7 aliphatic rings. The molecule has 12 rings (SSSR count). The van der Waals surface area contributed by atoms with Crippen molar-refractivity contribution in [3.05, 3.63) is 100 Å². The number of piperazine rings is 1. The minimum Gasteiger partial charge on any atom is -0.491 e. The van der Waals surface area contributed by atoms with Crippen LogP contribution in [0.4, 0.5) is 28.4 Å². The zero-order valence-electron chi connectivity index (χ0n) is 47.9. The first kappa shape index (κ1) is 56.5. The van der Waals surface area contributed by atoms with E-state index in [-0.39, 0.29) is 40.8 Å². The molecule has 440 valence electrons. The molecule has 1 amide bonds. The Balaban J connectivity index is 0.792. The van der Waals surface area contributed by atoms with E-state index in [1.807, 2.05) is 44.3 Å². The number of fused-ring (bicyclic) bond motifs is 3. The number of aromatic amines is 1. The number of ether oxygens (including phenoxy) is 3. The van der Waals surface area contributed by atoms with Crippen LogP contribution in [0, 0.1) is 27.4 Å². The number of nitro groups is 1. The lowest BCUT2D eigenvalue weighted by molar-refractivity contribution is -0.384. The minimum absolute atomic E-state index is 0.0573. The molecule has 0 unspecified atom stereocenters. The molecule has 0 radical (unpaired) electrons. The topological polar surface area (TPSA) is 228 Å². The monoisotopic (exact) mass is 1140 g/mol. The van der Waals surface area contributed by atoms with Gasteiger partial charge in [-0.05, 0) is 177 Å².